The Labute approximate surface area is 129 Å². The predicted octanol–water partition coefficient (Wildman–Crippen LogP) is 5.22. The molecule has 1 nitrogen and oxygen atoms in total. The topological polar surface area (TPSA) is 26.0 Å². The fourth-order valence-corrected chi connectivity index (χ4v) is 2.94. The van der Waals surface area contributed by atoms with Crippen LogP contribution in [0.5, 0.6) is 0 Å². The van der Waals surface area contributed by atoms with Gasteiger partial charge in [-0.05, 0) is 47.9 Å². The van der Waals surface area contributed by atoms with E-state index in [9.17, 15) is 0 Å². The molecule has 94 valence electrons. The van der Waals surface area contributed by atoms with Gasteiger partial charge in [0.2, 0.25) is 0 Å². The van der Waals surface area contributed by atoms with Crippen LogP contribution >= 0.6 is 43.5 Å². The van der Waals surface area contributed by atoms with Gasteiger partial charge in [0, 0.05) is 14.0 Å². The van der Waals surface area contributed by atoms with E-state index < -0.39 is 0 Å². The van der Waals surface area contributed by atoms with Crippen molar-refractivity contribution in [2.45, 2.75) is 13.0 Å². The SMILES string of the molecule is Cc1cc(Br)c(C(N)c2ccc(Cl)cc2)cc1Br. The second-order valence-corrected chi connectivity index (χ2v) is 6.30. The second kappa shape index (κ2) is 5.74. The first kappa shape index (κ1) is 14.1. The molecule has 0 bridgehead atoms. The van der Waals surface area contributed by atoms with E-state index in [-0.39, 0.29) is 6.04 Å². The van der Waals surface area contributed by atoms with Crippen LogP contribution in [0.1, 0.15) is 22.7 Å². The van der Waals surface area contributed by atoms with Crippen molar-refractivity contribution in [1.29, 1.82) is 0 Å². The Hall–Kier alpha value is -0.350. The normalized spacial score (nSPS) is 12.5. The third-order valence-corrected chi connectivity index (χ3v) is 4.64. The van der Waals surface area contributed by atoms with Crippen molar-refractivity contribution in [1.82, 2.24) is 0 Å². The summed E-state index contributed by atoms with van der Waals surface area (Å²) < 4.78 is 2.08. The standard InChI is InChI=1S/C14H12Br2ClN/c1-8-6-13(16)11(7-12(8)15)14(18)9-2-4-10(17)5-3-9/h2-7,14H,18H2,1H3. The van der Waals surface area contributed by atoms with Crippen LogP contribution in [-0.2, 0) is 0 Å². The monoisotopic (exact) mass is 387 g/mol. The van der Waals surface area contributed by atoms with Crippen molar-refractivity contribution < 1.29 is 0 Å². The molecular formula is C14H12Br2ClN. The smallest absolute Gasteiger partial charge is 0.0563 e. The first-order chi connectivity index (χ1) is 8.49. The summed E-state index contributed by atoms with van der Waals surface area (Å²) in [5.41, 5.74) is 9.56. The minimum absolute atomic E-state index is 0.173. The molecule has 0 amide bonds. The highest BCUT2D eigenvalue weighted by Gasteiger charge is 2.13. The molecule has 0 aliphatic rings. The van der Waals surface area contributed by atoms with E-state index >= 15 is 0 Å². The molecule has 0 spiro atoms. The number of halogens is 3. The molecule has 0 saturated carbocycles. The minimum Gasteiger partial charge on any atom is -0.320 e. The van der Waals surface area contributed by atoms with Crippen molar-refractivity contribution in [2.24, 2.45) is 5.73 Å². The van der Waals surface area contributed by atoms with Gasteiger partial charge in [-0.1, -0.05) is 55.6 Å². The molecule has 1 unspecified atom stereocenters. The lowest BCUT2D eigenvalue weighted by Crippen LogP contribution is -2.12. The van der Waals surface area contributed by atoms with Gasteiger partial charge in [-0.15, -0.1) is 0 Å². The highest BCUT2D eigenvalue weighted by atomic mass is 79.9. The van der Waals surface area contributed by atoms with Gasteiger partial charge < -0.3 is 5.73 Å². The Morgan fingerprint density at radius 1 is 1.06 bits per heavy atom. The molecule has 2 N–H and O–H groups in total. The van der Waals surface area contributed by atoms with Crippen molar-refractivity contribution in [3.8, 4) is 0 Å². The fraction of sp³-hybridized carbons (Fsp3) is 0.143. The van der Waals surface area contributed by atoms with E-state index in [1.54, 1.807) is 0 Å². The fourth-order valence-electron chi connectivity index (χ4n) is 1.75. The molecule has 2 aromatic carbocycles. The molecular weight excluding hydrogens is 377 g/mol. The van der Waals surface area contributed by atoms with Crippen molar-refractivity contribution in [2.75, 3.05) is 0 Å². The lowest BCUT2D eigenvalue weighted by molar-refractivity contribution is 0.864. The van der Waals surface area contributed by atoms with Crippen LogP contribution < -0.4 is 5.73 Å². The summed E-state index contributed by atoms with van der Waals surface area (Å²) in [7, 11) is 0. The van der Waals surface area contributed by atoms with Crippen LogP contribution in [-0.4, -0.2) is 0 Å². The number of nitrogens with two attached hydrogens (primary N) is 1. The molecule has 1 atom stereocenters. The zero-order valence-corrected chi connectivity index (χ0v) is 13.7. The maximum absolute atomic E-state index is 6.29. The Morgan fingerprint density at radius 2 is 1.67 bits per heavy atom. The molecule has 0 aromatic heterocycles. The molecule has 4 heteroatoms. The predicted molar refractivity (Wildman–Crippen MR) is 84.1 cm³/mol. The molecule has 0 aliphatic heterocycles. The molecule has 0 radical (unpaired) electrons. The number of hydrogen-bond donors (Lipinski definition) is 1. The summed E-state index contributed by atoms with van der Waals surface area (Å²) in [6.45, 7) is 2.05. The molecule has 0 heterocycles. The maximum atomic E-state index is 6.29. The summed E-state index contributed by atoms with van der Waals surface area (Å²) in [6, 6.07) is 11.6. The molecule has 18 heavy (non-hydrogen) atoms. The number of aryl methyl sites for hydroxylation is 1. The first-order valence-electron chi connectivity index (χ1n) is 5.45. The molecule has 0 fully saturated rings. The van der Waals surface area contributed by atoms with E-state index in [0.29, 0.717) is 0 Å². The third kappa shape index (κ3) is 2.97. The van der Waals surface area contributed by atoms with Gasteiger partial charge in [0.15, 0.2) is 0 Å². The van der Waals surface area contributed by atoms with Crippen LogP contribution in [0.4, 0.5) is 0 Å². The molecule has 0 aliphatic carbocycles. The Morgan fingerprint density at radius 3 is 2.28 bits per heavy atom. The van der Waals surface area contributed by atoms with E-state index in [1.807, 2.05) is 31.2 Å². The van der Waals surface area contributed by atoms with Gasteiger partial charge >= 0.3 is 0 Å². The second-order valence-electron chi connectivity index (χ2n) is 4.15. The number of rotatable bonds is 2. The first-order valence-corrected chi connectivity index (χ1v) is 7.42. The summed E-state index contributed by atoms with van der Waals surface area (Å²) in [6.07, 6.45) is 0. The zero-order chi connectivity index (χ0) is 13.3. The molecule has 2 rings (SSSR count). The Balaban J connectivity index is 2.42. The lowest BCUT2D eigenvalue weighted by Gasteiger charge is -2.16. The van der Waals surface area contributed by atoms with Gasteiger partial charge in [-0.2, -0.15) is 0 Å². The van der Waals surface area contributed by atoms with Crippen LogP contribution in [0.15, 0.2) is 45.3 Å². The van der Waals surface area contributed by atoms with Crippen molar-refractivity contribution >= 4 is 43.5 Å². The summed E-state index contributed by atoms with van der Waals surface area (Å²) >= 11 is 13.0. The van der Waals surface area contributed by atoms with E-state index in [0.717, 1.165) is 25.1 Å². The largest absolute Gasteiger partial charge is 0.320 e. The summed E-state index contributed by atoms with van der Waals surface area (Å²) in [5, 5.41) is 0.718. The third-order valence-electron chi connectivity index (χ3n) is 2.84. The van der Waals surface area contributed by atoms with Gasteiger partial charge in [0.1, 0.15) is 0 Å². The van der Waals surface area contributed by atoms with Crippen LogP contribution in [0, 0.1) is 6.92 Å². The molecule has 2 aromatic rings. The average Bonchev–Trinajstić information content (AvgIpc) is 2.34. The minimum atomic E-state index is -0.173. The van der Waals surface area contributed by atoms with Crippen molar-refractivity contribution in [3.63, 3.8) is 0 Å². The van der Waals surface area contributed by atoms with E-state index in [2.05, 4.69) is 44.0 Å². The maximum Gasteiger partial charge on any atom is 0.0563 e. The van der Waals surface area contributed by atoms with Gasteiger partial charge in [0.25, 0.3) is 0 Å². The number of hydrogen-bond acceptors (Lipinski definition) is 1. The van der Waals surface area contributed by atoms with E-state index in [4.69, 9.17) is 17.3 Å². The van der Waals surface area contributed by atoms with Crippen LogP contribution in [0.2, 0.25) is 5.02 Å². The van der Waals surface area contributed by atoms with Gasteiger partial charge in [-0.3, -0.25) is 0 Å². The summed E-state index contributed by atoms with van der Waals surface area (Å²) in [5.74, 6) is 0. The van der Waals surface area contributed by atoms with Crippen LogP contribution in [0.3, 0.4) is 0 Å². The highest BCUT2D eigenvalue weighted by molar-refractivity contribution is 9.11. The average molecular weight is 390 g/mol. The van der Waals surface area contributed by atoms with Crippen molar-refractivity contribution in [3.05, 3.63) is 67.1 Å². The Bertz CT molecular complexity index is 567. The van der Waals surface area contributed by atoms with E-state index in [1.165, 1.54) is 5.56 Å². The summed E-state index contributed by atoms with van der Waals surface area (Å²) in [4.78, 5) is 0. The zero-order valence-electron chi connectivity index (χ0n) is 9.75. The van der Waals surface area contributed by atoms with Gasteiger partial charge in [0.05, 0.1) is 6.04 Å². The lowest BCUT2D eigenvalue weighted by atomic mass is 9.99. The number of benzene rings is 2. The molecule has 0 saturated heterocycles. The quantitative estimate of drug-likeness (QED) is 0.749. The highest BCUT2D eigenvalue weighted by Crippen LogP contribution is 2.32. The Kier molecular flexibility index (Phi) is 4.49. The van der Waals surface area contributed by atoms with Crippen LogP contribution in [0.25, 0.3) is 0 Å². The van der Waals surface area contributed by atoms with Gasteiger partial charge in [-0.25, -0.2) is 0 Å².